The lowest BCUT2D eigenvalue weighted by atomic mass is 10.1. The number of fused-ring (bicyclic) bond motifs is 2. The predicted octanol–water partition coefficient (Wildman–Crippen LogP) is 1.43. The summed E-state index contributed by atoms with van der Waals surface area (Å²) in [5, 5.41) is 7.16. The fourth-order valence-electron chi connectivity index (χ4n) is 2.53. The second-order valence-electron chi connectivity index (χ2n) is 5.02. The molecule has 3 heterocycles. The van der Waals surface area contributed by atoms with Gasteiger partial charge in [-0.1, -0.05) is 6.07 Å². The first-order valence-corrected chi connectivity index (χ1v) is 6.59. The van der Waals surface area contributed by atoms with Gasteiger partial charge in [-0.25, -0.2) is 4.98 Å². The Morgan fingerprint density at radius 3 is 3.10 bits per heavy atom. The van der Waals surface area contributed by atoms with Crippen molar-refractivity contribution in [3.05, 3.63) is 45.9 Å². The minimum absolute atomic E-state index is 0.216. The first-order chi connectivity index (χ1) is 10.2. The molecule has 0 aliphatic carbocycles. The normalized spacial score (nSPS) is 13.6. The largest absolute Gasteiger partial charge is 0.372 e. The van der Waals surface area contributed by atoms with Crippen molar-refractivity contribution in [2.24, 2.45) is 7.05 Å². The topological polar surface area (TPSA) is 84.8 Å². The van der Waals surface area contributed by atoms with E-state index in [1.807, 2.05) is 18.2 Å². The Hall–Kier alpha value is -2.67. The summed E-state index contributed by atoms with van der Waals surface area (Å²) in [6.07, 6.45) is 1.58. The van der Waals surface area contributed by atoms with Crippen molar-refractivity contribution < 1.29 is 4.74 Å². The lowest BCUT2D eigenvalue weighted by molar-refractivity contribution is 0.134. The summed E-state index contributed by atoms with van der Waals surface area (Å²) in [6, 6.07) is 5.97. The van der Waals surface area contributed by atoms with Crippen LogP contribution in [0.15, 0.2) is 29.2 Å². The molecule has 3 aromatic rings. The number of nitrogens with zero attached hydrogens (tertiary/aromatic N) is 3. The maximum Gasteiger partial charge on any atom is 0.278 e. The summed E-state index contributed by atoms with van der Waals surface area (Å²) >= 11 is 0. The average Bonchev–Trinajstić information content (AvgIpc) is 3.05. The maximum atomic E-state index is 12.0. The lowest BCUT2D eigenvalue weighted by Crippen LogP contribution is -2.13. The van der Waals surface area contributed by atoms with Crippen LogP contribution in [-0.2, 0) is 25.0 Å². The highest BCUT2D eigenvalue weighted by molar-refractivity contribution is 5.74. The molecular formula is C14H13N5O2. The fourth-order valence-corrected chi connectivity index (χ4v) is 2.53. The predicted molar refractivity (Wildman–Crippen MR) is 77.3 cm³/mol. The summed E-state index contributed by atoms with van der Waals surface area (Å²) in [6.45, 7) is 1.28. The fraction of sp³-hybridized carbons (Fsp3) is 0.214. The molecule has 4 rings (SSSR count). The molecule has 1 aromatic carbocycles. The van der Waals surface area contributed by atoms with Crippen LogP contribution in [0, 0.1) is 0 Å². The van der Waals surface area contributed by atoms with E-state index in [2.05, 4.69) is 20.4 Å². The molecule has 1 aliphatic heterocycles. The molecule has 0 spiro atoms. The van der Waals surface area contributed by atoms with E-state index in [0.717, 1.165) is 11.3 Å². The van der Waals surface area contributed by atoms with Gasteiger partial charge in [0.25, 0.3) is 5.56 Å². The van der Waals surface area contributed by atoms with Crippen molar-refractivity contribution in [1.82, 2.24) is 19.7 Å². The van der Waals surface area contributed by atoms with Crippen LogP contribution in [0.3, 0.4) is 0 Å². The number of hydrogen-bond acceptors (Lipinski definition) is 5. The van der Waals surface area contributed by atoms with E-state index < -0.39 is 0 Å². The van der Waals surface area contributed by atoms with Crippen LogP contribution < -0.4 is 10.9 Å². The van der Waals surface area contributed by atoms with E-state index in [0.29, 0.717) is 30.2 Å². The van der Waals surface area contributed by atoms with Crippen molar-refractivity contribution in [3.8, 4) is 0 Å². The molecule has 7 nitrogen and oxygen atoms in total. The Morgan fingerprint density at radius 1 is 1.33 bits per heavy atom. The van der Waals surface area contributed by atoms with Gasteiger partial charge in [-0.3, -0.25) is 14.5 Å². The van der Waals surface area contributed by atoms with E-state index in [1.165, 1.54) is 10.2 Å². The number of aromatic amines is 1. The highest BCUT2D eigenvalue weighted by atomic mass is 16.5. The number of hydrogen-bond donors (Lipinski definition) is 2. The number of rotatable bonds is 2. The van der Waals surface area contributed by atoms with Gasteiger partial charge in [0.1, 0.15) is 5.52 Å². The third kappa shape index (κ3) is 1.98. The van der Waals surface area contributed by atoms with Crippen molar-refractivity contribution in [2.45, 2.75) is 13.2 Å². The molecule has 0 saturated carbocycles. The molecule has 2 aromatic heterocycles. The number of ether oxygens (including phenoxy) is 1. The Labute approximate surface area is 119 Å². The van der Waals surface area contributed by atoms with Crippen LogP contribution in [0.4, 0.5) is 11.6 Å². The third-order valence-corrected chi connectivity index (χ3v) is 3.58. The number of nitrogens with one attached hydrogen (secondary N) is 2. The van der Waals surface area contributed by atoms with Gasteiger partial charge in [0, 0.05) is 12.7 Å². The molecule has 2 N–H and O–H groups in total. The minimum Gasteiger partial charge on any atom is -0.372 e. The van der Waals surface area contributed by atoms with Gasteiger partial charge in [0.15, 0.2) is 5.52 Å². The molecule has 1 aliphatic rings. The van der Waals surface area contributed by atoms with E-state index in [-0.39, 0.29) is 5.56 Å². The number of aryl methyl sites for hydroxylation is 1. The smallest absolute Gasteiger partial charge is 0.278 e. The number of benzene rings is 1. The zero-order valence-corrected chi connectivity index (χ0v) is 11.4. The number of aromatic nitrogens is 4. The molecular weight excluding hydrogens is 270 g/mol. The van der Waals surface area contributed by atoms with Gasteiger partial charge in [0.2, 0.25) is 5.95 Å². The van der Waals surface area contributed by atoms with E-state index in [4.69, 9.17) is 4.74 Å². The summed E-state index contributed by atoms with van der Waals surface area (Å²) in [7, 11) is 1.72. The highest BCUT2D eigenvalue weighted by Crippen LogP contribution is 2.24. The van der Waals surface area contributed by atoms with Crippen molar-refractivity contribution in [1.29, 1.82) is 0 Å². The molecule has 0 saturated heterocycles. The zero-order valence-electron chi connectivity index (χ0n) is 11.4. The van der Waals surface area contributed by atoms with Crippen LogP contribution >= 0.6 is 0 Å². The monoisotopic (exact) mass is 283 g/mol. The molecule has 0 amide bonds. The molecule has 0 radical (unpaired) electrons. The number of anilines is 2. The van der Waals surface area contributed by atoms with Gasteiger partial charge < -0.3 is 10.1 Å². The lowest BCUT2D eigenvalue weighted by Gasteiger charge is -2.07. The van der Waals surface area contributed by atoms with E-state index in [1.54, 1.807) is 13.2 Å². The first-order valence-electron chi connectivity index (χ1n) is 6.59. The molecule has 0 atom stereocenters. The van der Waals surface area contributed by atoms with Gasteiger partial charge in [-0.2, -0.15) is 5.10 Å². The van der Waals surface area contributed by atoms with Crippen molar-refractivity contribution in [3.63, 3.8) is 0 Å². The minimum atomic E-state index is -0.216. The SMILES string of the molecule is Cn1ncc2nc(Nc3ccc4c(c3)COC4)[nH]c(=O)c21. The highest BCUT2D eigenvalue weighted by Gasteiger charge is 2.12. The molecule has 7 heteroatoms. The van der Waals surface area contributed by atoms with Gasteiger partial charge in [0.05, 0.1) is 19.4 Å². The Balaban J connectivity index is 1.72. The van der Waals surface area contributed by atoms with Gasteiger partial charge in [-0.05, 0) is 23.3 Å². The Bertz CT molecular complexity index is 896. The third-order valence-electron chi connectivity index (χ3n) is 3.58. The maximum absolute atomic E-state index is 12.0. The molecule has 106 valence electrons. The summed E-state index contributed by atoms with van der Waals surface area (Å²) in [5.41, 5.74) is 4.03. The average molecular weight is 283 g/mol. The van der Waals surface area contributed by atoms with E-state index >= 15 is 0 Å². The van der Waals surface area contributed by atoms with Crippen molar-refractivity contribution in [2.75, 3.05) is 5.32 Å². The molecule has 21 heavy (non-hydrogen) atoms. The molecule has 0 bridgehead atoms. The Kier molecular flexibility index (Phi) is 2.55. The van der Waals surface area contributed by atoms with Crippen LogP contribution in [-0.4, -0.2) is 19.7 Å². The first kappa shape index (κ1) is 12.1. The second kappa shape index (κ2) is 4.42. The van der Waals surface area contributed by atoms with Crippen LogP contribution in [0.2, 0.25) is 0 Å². The quantitative estimate of drug-likeness (QED) is 0.743. The summed E-state index contributed by atoms with van der Waals surface area (Å²) in [5.74, 6) is 0.402. The summed E-state index contributed by atoms with van der Waals surface area (Å²) in [4.78, 5) is 19.1. The van der Waals surface area contributed by atoms with Crippen molar-refractivity contribution >= 4 is 22.7 Å². The zero-order chi connectivity index (χ0) is 14.4. The molecule has 0 unspecified atom stereocenters. The summed E-state index contributed by atoms with van der Waals surface area (Å²) < 4.78 is 6.90. The molecule has 0 fully saturated rings. The van der Waals surface area contributed by atoms with Gasteiger partial charge >= 0.3 is 0 Å². The van der Waals surface area contributed by atoms with Crippen LogP contribution in [0.5, 0.6) is 0 Å². The van der Waals surface area contributed by atoms with Crippen LogP contribution in [0.1, 0.15) is 11.1 Å². The van der Waals surface area contributed by atoms with Crippen LogP contribution in [0.25, 0.3) is 11.0 Å². The second-order valence-corrected chi connectivity index (χ2v) is 5.02. The van der Waals surface area contributed by atoms with Gasteiger partial charge in [-0.15, -0.1) is 0 Å². The standard InChI is InChI=1S/C14H13N5O2/c1-19-12-11(5-15-19)17-14(18-13(12)20)16-10-3-2-8-6-21-7-9(8)4-10/h2-5H,6-7H2,1H3,(H2,16,17,18,20). The Morgan fingerprint density at radius 2 is 2.19 bits per heavy atom. The number of H-pyrrole nitrogens is 1. The van der Waals surface area contributed by atoms with E-state index in [9.17, 15) is 4.79 Å².